The third-order valence-electron chi connectivity index (χ3n) is 5.64. The first-order chi connectivity index (χ1) is 17.6. The van der Waals surface area contributed by atoms with Gasteiger partial charge >= 0.3 is 11.9 Å². The number of hydrogen-bond acceptors (Lipinski definition) is 6. The molecule has 0 bridgehead atoms. The van der Waals surface area contributed by atoms with E-state index < -0.39 is 0 Å². The highest BCUT2D eigenvalue weighted by atomic mass is 32.2. The molecule has 182 valence electrons. The lowest BCUT2D eigenvalue weighted by Crippen LogP contribution is -2.07. The van der Waals surface area contributed by atoms with Gasteiger partial charge in [0.25, 0.3) is 0 Å². The van der Waals surface area contributed by atoms with Crippen LogP contribution in [0.1, 0.15) is 31.8 Å². The minimum Gasteiger partial charge on any atom is -0.465 e. The molecule has 36 heavy (non-hydrogen) atoms. The highest BCUT2D eigenvalue weighted by Gasteiger charge is 2.17. The quantitative estimate of drug-likeness (QED) is 0.170. The van der Waals surface area contributed by atoms with Crippen LogP contribution >= 0.6 is 23.5 Å². The highest BCUT2D eigenvalue weighted by molar-refractivity contribution is 7.98. The van der Waals surface area contributed by atoms with E-state index >= 15 is 0 Å². The number of esters is 2. The van der Waals surface area contributed by atoms with E-state index in [4.69, 9.17) is 9.47 Å². The molecule has 0 spiro atoms. The van der Waals surface area contributed by atoms with Crippen molar-refractivity contribution >= 4 is 35.5 Å². The molecule has 0 radical (unpaired) electrons. The summed E-state index contributed by atoms with van der Waals surface area (Å²) in [7, 11) is 2.77. The third kappa shape index (κ3) is 6.39. The van der Waals surface area contributed by atoms with Crippen LogP contribution in [0, 0.1) is 0 Å². The molecule has 0 N–H and O–H groups in total. The number of ether oxygens (including phenoxy) is 2. The van der Waals surface area contributed by atoms with E-state index in [2.05, 4.69) is 0 Å². The fourth-order valence-electron chi connectivity index (χ4n) is 3.72. The second-order valence-corrected chi connectivity index (χ2v) is 10.0. The van der Waals surface area contributed by atoms with Crippen LogP contribution in [0.4, 0.5) is 0 Å². The molecule has 0 saturated carbocycles. The largest absolute Gasteiger partial charge is 0.465 e. The Morgan fingerprint density at radius 3 is 1.33 bits per heavy atom. The molecule has 0 unspecified atom stereocenters. The van der Waals surface area contributed by atoms with Crippen molar-refractivity contribution in [2.45, 2.75) is 21.3 Å². The maximum Gasteiger partial charge on any atom is 0.338 e. The van der Waals surface area contributed by atoms with Gasteiger partial charge in [-0.2, -0.15) is 0 Å². The highest BCUT2D eigenvalue weighted by Crippen LogP contribution is 2.31. The number of benzene rings is 4. The maximum absolute atomic E-state index is 12.6. The van der Waals surface area contributed by atoms with Gasteiger partial charge < -0.3 is 9.47 Å². The monoisotopic (exact) mass is 514 g/mol. The molecule has 0 aliphatic carbocycles. The molecule has 0 amide bonds. The summed E-state index contributed by atoms with van der Waals surface area (Å²) in [5.41, 5.74) is 4.48. The van der Waals surface area contributed by atoms with Crippen molar-refractivity contribution in [2.75, 3.05) is 14.2 Å². The van der Waals surface area contributed by atoms with Gasteiger partial charge in [0, 0.05) is 21.3 Å². The molecule has 0 aliphatic heterocycles. The summed E-state index contributed by atoms with van der Waals surface area (Å²) >= 11 is 3.32. The summed E-state index contributed by atoms with van der Waals surface area (Å²) < 4.78 is 10.1. The van der Waals surface area contributed by atoms with Crippen LogP contribution in [0.15, 0.2) is 107 Å². The zero-order valence-corrected chi connectivity index (χ0v) is 21.7. The molecule has 0 atom stereocenters. The zero-order chi connectivity index (χ0) is 25.3. The first-order valence-electron chi connectivity index (χ1n) is 11.4. The lowest BCUT2D eigenvalue weighted by Gasteiger charge is -2.13. The van der Waals surface area contributed by atoms with E-state index in [9.17, 15) is 9.59 Å². The average Bonchev–Trinajstić information content (AvgIpc) is 2.95. The molecule has 0 aliphatic rings. The fourth-order valence-corrected chi connectivity index (χ4v) is 5.57. The fraction of sp³-hybridized carbons (Fsp3) is 0.133. The van der Waals surface area contributed by atoms with Gasteiger partial charge in [-0.15, -0.1) is 23.5 Å². The van der Waals surface area contributed by atoms with Crippen molar-refractivity contribution in [3.05, 3.63) is 119 Å². The van der Waals surface area contributed by atoms with E-state index in [1.165, 1.54) is 14.2 Å². The predicted molar refractivity (Wildman–Crippen MR) is 147 cm³/mol. The predicted octanol–water partition coefficient (Wildman–Crippen LogP) is 7.51. The first kappa shape index (κ1) is 25.6. The molecule has 0 fully saturated rings. The molecular formula is C30H26O4S2. The van der Waals surface area contributed by atoms with E-state index in [0.717, 1.165) is 32.0 Å². The van der Waals surface area contributed by atoms with Crippen LogP contribution in [0.5, 0.6) is 0 Å². The summed E-state index contributed by atoms with van der Waals surface area (Å²) in [6.45, 7) is 0. The molecule has 4 nitrogen and oxygen atoms in total. The molecule has 0 heterocycles. The van der Waals surface area contributed by atoms with Gasteiger partial charge in [-0.1, -0.05) is 60.7 Å². The Kier molecular flexibility index (Phi) is 8.87. The minimum atomic E-state index is -0.385. The Balaban J connectivity index is 1.62. The van der Waals surface area contributed by atoms with Gasteiger partial charge in [0.2, 0.25) is 0 Å². The van der Waals surface area contributed by atoms with Crippen LogP contribution < -0.4 is 0 Å². The second kappa shape index (κ2) is 12.5. The molecule has 0 saturated heterocycles. The van der Waals surface area contributed by atoms with Gasteiger partial charge in [-0.3, -0.25) is 0 Å². The molecule has 4 rings (SSSR count). The van der Waals surface area contributed by atoms with E-state index in [0.29, 0.717) is 22.6 Å². The van der Waals surface area contributed by atoms with Crippen molar-refractivity contribution in [1.29, 1.82) is 0 Å². The van der Waals surface area contributed by atoms with E-state index in [1.54, 1.807) is 23.5 Å². The van der Waals surface area contributed by atoms with Crippen LogP contribution in [0.25, 0.3) is 11.1 Å². The number of carbonyl (C=O) groups excluding carboxylic acids is 2. The molecular weight excluding hydrogens is 488 g/mol. The standard InChI is InChI=1S/C30H26O4S2/c1-33-29(31)27-17-21(13-15-23(27)19-35-25-9-5-3-6-10-25)22-14-16-24(28(18-22)30(32)34-2)20-36-26-11-7-4-8-12-26/h3-18H,19-20H2,1-2H3. The van der Waals surface area contributed by atoms with Crippen molar-refractivity contribution in [1.82, 2.24) is 0 Å². The van der Waals surface area contributed by atoms with Gasteiger partial charge in [0.05, 0.1) is 25.3 Å². The Morgan fingerprint density at radius 2 is 0.972 bits per heavy atom. The Hall–Kier alpha value is -3.48. The lowest BCUT2D eigenvalue weighted by atomic mass is 9.96. The summed E-state index contributed by atoms with van der Waals surface area (Å²) in [5.74, 6) is 0.504. The van der Waals surface area contributed by atoms with E-state index in [-0.39, 0.29) is 11.9 Å². The number of thioether (sulfide) groups is 2. The van der Waals surface area contributed by atoms with Gasteiger partial charge in [-0.25, -0.2) is 9.59 Å². The van der Waals surface area contributed by atoms with Crippen molar-refractivity contribution < 1.29 is 19.1 Å². The topological polar surface area (TPSA) is 52.6 Å². The van der Waals surface area contributed by atoms with E-state index in [1.807, 2.05) is 97.1 Å². The minimum absolute atomic E-state index is 0.385. The van der Waals surface area contributed by atoms with Gasteiger partial charge in [0.1, 0.15) is 0 Å². The van der Waals surface area contributed by atoms with Gasteiger partial charge in [0.15, 0.2) is 0 Å². The average molecular weight is 515 g/mol. The number of methoxy groups -OCH3 is 2. The Labute approximate surface area is 220 Å². The zero-order valence-electron chi connectivity index (χ0n) is 20.1. The van der Waals surface area contributed by atoms with Crippen LogP contribution in [-0.4, -0.2) is 26.2 Å². The number of carbonyl (C=O) groups is 2. The summed E-state index contributed by atoms with van der Waals surface area (Å²) in [5, 5.41) is 0. The SMILES string of the molecule is COC(=O)c1cc(-c2ccc(CSc3ccccc3)c(C(=O)OC)c2)ccc1CSc1ccccc1. The summed E-state index contributed by atoms with van der Waals surface area (Å²) in [6, 6.07) is 31.6. The van der Waals surface area contributed by atoms with Crippen molar-refractivity contribution in [3.8, 4) is 11.1 Å². The summed E-state index contributed by atoms with van der Waals surface area (Å²) in [6.07, 6.45) is 0. The van der Waals surface area contributed by atoms with Crippen LogP contribution in [-0.2, 0) is 21.0 Å². The van der Waals surface area contributed by atoms with Crippen LogP contribution in [0.3, 0.4) is 0 Å². The lowest BCUT2D eigenvalue weighted by molar-refractivity contribution is 0.0590. The molecule has 4 aromatic carbocycles. The second-order valence-electron chi connectivity index (χ2n) is 7.93. The van der Waals surface area contributed by atoms with Crippen molar-refractivity contribution in [3.63, 3.8) is 0 Å². The number of rotatable bonds is 9. The first-order valence-corrected chi connectivity index (χ1v) is 13.3. The molecule has 4 aromatic rings. The third-order valence-corrected chi connectivity index (χ3v) is 7.76. The Bertz CT molecular complexity index is 1230. The van der Waals surface area contributed by atoms with Gasteiger partial charge in [-0.05, 0) is 58.7 Å². The number of hydrogen-bond donors (Lipinski definition) is 0. The Morgan fingerprint density at radius 1 is 0.583 bits per heavy atom. The van der Waals surface area contributed by atoms with Crippen LogP contribution in [0.2, 0.25) is 0 Å². The molecule has 0 aromatic heterocycles. The summed E-state index contributed by atoms with van der Waals surface area (Å²) in [4.78, 5) is 27.5. The molecule has 6 heteroatoms. The smallest absolute Gasteiger partial charge is 0.338 e. The normalized spacial score (nSPS) is 10.6. The maximum atomic E-state index is 12.6. The van der Waals surface area contributed by atoms with Crippen molar-refractivity contribution in [2.24, 2.45) is 0 Å².